The summed E-state index contributed by atoms with van der Waals surface area (Å²) in [4.78, 5) is 34.5. The summed E-state index contributed by atoms with van der Waals surface area (Å²) in [5.74, 6) is 0.125. The largest absolute Gasteiger partial charge is 0.378 e. The number of hydrogen-bond donors (Lipinski definition) is 3. The predicted octanol–water partition coefficient (Wildman–Crippen LogP) is 4.82. The monoisotopic (exact) mass is 607 g/mol. The van der Waals surface area contributed by atoms with Gasteiger partial charge in [-0.1, -0.05) is 12.1 Å². The maximum Gasteiger partial charge on any atom is 0.311 e. The van der Waals surface area contributed by atoms with Gasteiger partial charge in [-0.2, -0.15) is 0 Å². The highest BCUT2D eigenvalue weighted by Gasteiger charge is 2.18. The van der Waals surface area contributed by atoms with Crippen molar-refractivity contribution in [1.82, 2.24) is 19.1 Å². The van der Waals surface area contributed by atoms with Gasteiger partial charge in [0, 0.05) is 79.7 Å². The average molecular weight is 608 g/mol. The van der Waals surface area contributed by atoms with Crippen LogP contribution in [0.4, 0.5) is 28.7 Å². The number of rotatable bonds is 11. The first-order valence-corrected chi connectivity index (χ1v) is 14.6. The molecule has 1 amide bonds. The molecule has 0 atom stereocenters. The van der Waals surface area contributed by atoms with E-state index in [0.717, 1.165) is 35.6 Å². The normalized spacial score (nSPS) is 13.0. The second-order valence-corrected chi connectivity index (χ2v) is 10.6. The number of nitrogens with one attached hydrogen (secondary N) is 2. The summed E-state index contributed by atoms with van der Waals surface area (Å²) in [6.07, 6.45) is 9.89. The molecule has 1 aliphatic rings. The Morgan fingerprint density at radius 3 is 2.44 bits per heavy atom. The van der Waals surface area contributed by atoms with E-state index in [0.29, 0.717) is 49.8 Å². The zero-order valence-corrected chi connectivity index (χ0v) is 24.5. The quantitative estimate of drug-likeness (QED) is 0.109. The van der Waals surface area contributed by atoms with Gasteiger partial charge in [0.05, 0.1) is 30.0 Å². The lowest BCUT2D eigenvalue weighted by Crippen LogP contribution is -2.36. The summed E-state index contributed by atoms with van der Waals surface area (Å²) >= 11 is 0. The number of pyridine rings is 1. The molecule has 0 saturated carbocycles. The van der Waals surface area contributed by atoms with Gasteiger partial charge in [0.15, 0.2) is 0 Å². The van der Waals surface area contributed by atoms with Crippen molar-refractivity contribution in [3.05, 3.63) is 107 Å². The smallest absolute Gasteiger partial charge is 0.311 e. The van der Waals surface area contributed by atoms with Crippen LogP contribution in [0.15, 0.2) is 91.8 Å². The van der Waals surface area contributed by atoms with Gasteiger partial charge in [-0.15, -0.1) is 0 Å². The van der Waals surface area contributed by atoms with E-state index in [1.807, 2.05) is 76.3 Å². The van der Waals surface area contributed by atoms with E-state index in [4.69, 9.17) is 10.5 Å². The summed E-state index contributed by atoms with van der Waals surface area (Å²) < 4.78 is 9.37. The lowest BCUT2D eigenvalue weighted by molar-refractivity contribution is -0.384. The van der Waals surface area contributed by atoms with Crippen LogP contribution in [0.2, 0.25) is 0 Å². The minimum Gasteiger partial charge on any atom is -0.378 e. The Hall–Kier alpha value is -5.69. The number of aryl methyl sites for hydroxylation is 1. The van der Waals surface area contributed by atoms with Crippen molar-refractivity contribution in [2.24, 2.45) is 0 Å². The third-order valence-electron chi connectivity index (χ3n) is 7.61. The Balaban J connectivity index is 1.17. The Morgan fingerprint density at radius 2 is 1.76 bits per heavy atom. The van der Waals surface area contributed by atoms with E-state index < -0.39 is 4.92 Å². The Kier molecular flexibility index (Phi) is 8.69. The molecule has 0 spiro atoms. The zero-order valence-electron chi connectivity index (χ0n) is 24.5. The van der Waals surface area contributed by atoms with Crippen LogP contribution in [0.5, 0.6) is 0 Å². The highest BCUT2D eigenvalue weighted by Crippen LogP contribution is 2.28. The van der Waals surface area contributed by atoms with Gasteiger partial charge in [-0.05, 0) is 54.4 Å². The van der Waals surface area contributed by atoms with Gasteiger partial charge in [0.25, 0.3) is 5.91 Å². The molecule has 0 bridgehead atoms. The molecule has 0 unspecified atom stereocenters. The number of morpholine rings is 1. The SMILES string of the molecule is Nc1nc(NCCCn2cc(C(=O)Nc3ccc(N4CCOCC4)cc3)c(-c3ccc(-n4ccnc4)cc3)c2)ccc1[N+](=O)[O-]. The number of anilines is 4. The minimum absolute atomic E-state index is 0.134. The number of ether oxygens (including phenoxy) is 1. The predicted molar refractivity (Wildman–Crippen MR) is 173 cm³/mol. The second-order valence-electron chi connectivity index (χ2n) is 10.6. The van der Waals surface area contributed by atoms with Crippen molar-refractivity contribution >= 4 is 34.6 Å². The molecule has 230 valence electrons. The summed E-state index contributed by atoms with van der Waals surface area (Å²) in [5.41, 5.74) is 10.5. The highest BCUT2D eigenvalue weighted by molar-refractivity contribution is 6.08. The highest BCUT2D eigenvalue weighted by atomic mass is 16.6. The number of nitrogens with zero attached hydrogens (tertiary/aromatic N) is 6. The van der Waals surface area contributed by atoms with E-state index >= 15 is 0 Å². The van der Waals surface area contributed by atoms with Crippen LogP contribution < -0.4 is 21.3 Å². The Bertz CT molecular complexity index is 1760. The molecule has 13 nitrogen and oxygen atoms in total. The molecule has 1 saturated heterocycles. The standard InChI is InChI=1S/C32H33N9O4/c33-31-29(41(43)44)10-11-30(37-31)35-12-1-14-38-20-27(23-2-6-26(7-3-23)40-15-13-34-22-40)28(21-38)32(42)36-24-4-8-25(9-5-24)39-16-18-45-19-17-39/h2-11,13,15,20-22H,1,12,14,16-19H2,(H,36,42)(H3,33,35,37). The third kappa shape index (κ3) is 6.94. The minimum atomic E-state index is -0.560. The molecule has 4 heterocycles. The van der Waals surface area contributed by atoms with Crippen molar-refractivity contribution in [1.29, 1.82) is 0 Å². The van der Waals surface area contributed by atoms with Gasteiger partial charge >= 0.3 is 5.69 Å². The van der Waals surface area contributed by atoms with E-state index in [9.17, 15) is 14.9 Å². The first kappa shape index (κ1) is 29.4. The number of aromatic nitrogens is 4. The number of carbonyl (C=O) groups excluding carboxylic acids is 1. The summed E-state index contributed by atoms with van der Waals surface area (Å²) in [5, 5.41) is 17.2. The molecule has 3 aromatic heterocycles. The maximum atomic E-state index is 13.6. The Morgan fingerprint density at radius 1 is 1.00 bits per heavy atom. The summed E-state index contributed by atoms with van der Waals surface area (Å²) in [7, 11) is 0. The Labute approximate surface area is 259 Å². The molecule has 45 heavy (non-hydrogen) atoms. The van der Waals surface area contributed by atoms with Crippen LogP contribution in [0, 0.1) is 10.1 Å². The average Bonchev–Trinajstić information content (AvgIpc) is 3.75. The van der Waals surface area contributed by atoms with E-state index in [1.165, 1.54) is 12.1 Å². The number of benzene rings is 2. The molecule has 2 aromatic carbocycles. The molecule has 0 aliphatic carbocycles. The van der Waals surface area contributed by atoms with Crippen LogP contribution >= 0.6 is 0 Å². The lowest BCUT2D eigenvalue weighted by Gasteiger charge is -2.28. The van der Waals surface area contributed by atoms with Crippen LogP contribution in [-0.4, -0.2) is 62.8 Å². The van der Waals surface area contributed by atoms with E-state index in [2.05, 4.69) is 25.5 Å². The number of amides is 1. The van der Waals surface area contributed by atoms with Crippen LogP contribution in [0.1, 0.15) is 16.8 Å². The molecule has 1 aliphatic heterocycles. The van der Waals surface area contributed by atoms with Crippen LogP contribution in [-0.2, 0) is 11.3 Å². The van der Waals surface area contributed by atoms with Crippen molar-refractivity contribution in [2.45, 2.75) is 13.0 Å². The number of nitrogen functional groups attached to an aromatic ring is 1. The molecule has 6 rings (SSSR count). The number of hydrogen-bond acceptors (Lipinski definition) is 9. The fraction of sp³-hybridized carbons (Fsp3) is 0.219. The van der Waals surface area contributed by atoms with Gasteiger partial charge in [-0.25, -0.2) is 9.97 Å². The number of nitro groups is 1. The topological polar surface area (TPSA) is 158 Å². The molecular formula is C32H33N9O4. The van der Waals surface area contributed by atoms with Crippen molar-refractivity contribution in [3.8, 4) is 16.8 Å². The molecule has 1 fully saturated rings. The van der Waals surface area contributed by atoms with Crippen LogP contribution in [0.25, 0.3) is 16.8 Å². The molecule has 0 radical (unpaired) electrons. The van der Waals surface area contributed by atoms with Crippen molar-refractivity contribution < 1.29 is 14.5 Å². The first-order valence-electron chi connectivity index (χ1n) is 14.6. The van der Waals surface area contributed by atoms with E-state index in [-0.39, 0.29) is 17.4 Å². The van der Waals surface area contributed by atoms with Gasteiger partial charge in [0.1, 0.15) is 5.82 Å². The summed E-state index contributed by atoms with van der Waals surface area (Å²) in [6, 6.07) is 18.7. The van der Waals surface area contributed by atoms with Gasteiger partial charge in [0.2, 0.25) is 5.82 Å². The zero-order chi connectivity index (χ0) is 31.2. The van der Waals surface area contributed by atoms with Gasteiger partial charge in [-0.3, -0.25) is 14.9 Å². The third-order valence-corrected chi connectivity index (χ3v) is 7.61. The lowest BCUT2D eigenvalue weighted by atomic mass is 10.0. The molecule has 4 N–H and O–H groups in total. The number of imidazole rings is 1. The fourth-order valence-electron chi connectivity index (χ4n) is 5.25. The van der Waals surface area contributed by atoms with Crippen molar-refractivity contribution in [3.63, 3.8) is 0 Å². The summed E-state index contributed by atoms with van der Waals surface area (Å²) in [6.45, 7) is 4.28. The molecule has 5 aromatic rings. The molecule has 13 heteroatoms. The number of nitrogens with two attached hydrogens (primary N) is 1. The van der Waals surface area contributed by atoms with E-state index in [1.54, 1.807) is 12.5 Å². The first-order chi connectivity index (χ1) is 21.9. The fourth-order valence-corrected chi connectivity index (χ4v) is 5.25. The van der Waals surface area contributed by atoms with Crippen molar-refractivity contribution in [2.75, 3.05) is 54.1 Å². The maximum absolute atomic E-state index is 13.6. The number of carbonyl (C=O) groups is 1. The molecular weight excluding hydrogens is 574 g/mol. The van der Waals surface area contributed by atoms with Crippen LogP contribution in [0.3, 0.4) is 0 Å². The second kappa shape index (κ2) is 13.3. The van der Waals surface area contributed by atoms with Gasteiger partial charge < -0.3 is 35.1 Å².